The summed E-state index contributed by atoms with van der Waals surface area (Å²) in [6.07, 6.45) is 0. The van der Waals surface area contributed by atoms with Crippen LogP contribution in [0.4, 0.5) is 0 Å². The molecule has 0 fully saturated rings. The SMILES string of the molecule is CN(Cc1ccccc1)C(C)(CCl)CCl. The maximum Gasteiger partial charge on any atom is 0.0452 e. The molecule has 0 aliphatic rings. The molecule has 15 heavy (non-hydrogen) atoms. The molecule has 1 rings (SSSR count). The molecule has 0 amide bonds. The standard InChI is InChI=1S/C12H17Cl2N/c1-12(9-13,10-14)15(2)8-11-6-4-3-5-7-11/h3-7H,8-10H2,1-2H3. The highest BCUT2D eigenvalue weighted by Crippen LogP contribution is 2.19. The van der Waals surface area contributed by atoms with E-state index in [0.29, 0.717) is 11.8 Å². The van der Waals surface area contributed by atoms with Crippen LogP contribution in [0.2, 0.25) is 0 Å². The van der Waals surface area contributed by atoms with Crippen molar-refractivity contribution in [3.05, 3.63) is 35.9 Å². The maximum atomic E-state index is 5.94. The Hall–Kier alpha value is -0.240. The molecule has 1 nitrogen and oxygen atoms in total. The molecule has 0 aliphatic heterocycles. The number of rotatable bonds is 5. The number of benzene rings is 1. The van der Waals surface area contributed by atoms with Crippen LogP contribution in [-0.2, 0) is 6.54 Å². The van der Waals surface area contributed by atoms with E-state index in [9.17, 15) is 0 Å². The fourth-order valence-corrected chi connectivity index (χ4v) is 1.98. The monoisotopic (exact) mass is 245 g/mol. The van der Waals surface area contributed by atoms with Crippen molar-refractivity contribution in [2.24, 2.45) is 0 Å². The van der Waals surface area contributed by atoms with Gasteiger partial charge in [-0.25, -0.2) is 0 Å². The third-order valence-corrected chi connectivity index (χ3v) is 3.91. The molecule has 0 unspecified atom stereocenters. The number of alkyl halides is 2. The zero-order chi connectivity index (χ0) is 11.3. The van der Waals surface area contributed by atoms with Crippen molar-refractivity contribution < 1.29 is 0 Å². The van der Waals surface area contributed by atoms with Crippen LogP contribution in [0.1, 0.15) is 12.5 Å². The Bertz CT molecular complexity index is 283. The smallest absolute Gasteiger partial charge is 0.0452 e. The molecule has 0 bridgehead atoms. The third kappa shape index (κ3) is 3.37. The highest BCUT2D eigenvalue weighted by atomic mass is 35.5. The summed E-state index contributed by atoms with van der Waals surface area (Å²) in [5, 5.41) is 0. The van der Waals surface area contributed by atoms with Gasteiger partial charge in [0, 0.05) is 23.8 Å². The summed E-state index contributed by atoms with van der Waals surface area (Å²) in [5.41, 5.74) is 1.14. The predicted octanol–water partition coefficient (Wildman–Crippen LogP) is 3.35. The summed E-state index contributed by atoms with van der Waals surface area (Å²) in [4.78, 5) is 2.20. The Morgan fingerprint density at radius 3 is 2.13 bits per heavy atom. The normalized spacial score (nSPS) is 12.1. The average Bonchev–Trinajstić information content (AvgIpc) is 2.29. The molecule has 3 heteroatoms. The molecular formula is C12H17Cl2N. The van der Waals surface area contributed by atoms with E-state index in [2.05, 4.69) is 31.0 Å². The van der Waals surface area contributed by atoms with Gasteiger partial charge in [-0.05, 0) is 19.5 Å². The molecule has 0 spiro atoms. The lowest BCUT2D eigenvalue weighted by molar-refractivity contribution is 0.174. The van der Waals surface area contributed by atoms with Crippen LogP contribution in [0.25, 0.3) is 0 Å². The van der Waals surface area contributed by atoms with E-state index >= 15 is 0 Å². The first kappa shape index (κ1) is 12.8. The van der Waals surface area contributed by atoms with Crippen molar-refractivity contribution >= 4 is 23.2 Å². The van der Waals surface area contributed by atoms with Crippen molar-refractivity contribution in [2.75, 3.05) is 18.8 Å². The van der Waals surface area contributed by atoms with Crippen LogP contribution in [0.5, 0.6) is 0 Å². The summed E-state index contributed by atoms with van der Waals surface area (Å²) < 4.78 is 0. The van der Waals surface area contributed by atoms with Gasteiger partial charge < -0.3 is 0 Å². The first-order valence-corrected chi connectivity index (χ1v) is 6.06. The Kier molecular flexibility index (Phi) is 4.91. The average molecular weight is 246 g/mol. The van der Waals surface area contributed by atoms with Crippen molar-refractivity contribution in [1.29, 1.82) is 0 Å². The van der Waals surface area contributed by atoms with Crippen molar-refractivity contribution in [1.82, 2.24) is 4.90 Å². The first-order chi connectivity index (χ1) is 7.12. The number of halogens is 2. The van der Waals surface area contributed by atoms with Crippen LogP contribution in [0, 0.1) is 0 Å². The summed E-state index contributed by atoms with van der Waals surface area (Å²) in [6, 6.07) is 10.3. The van der Waals surface area contributed by atoms with Crippen LogP contribution in [-0.4, -0.2) is 29.2 Å². The minimum atomic E-state index is -0.140. The lowest BCUT2D eigenvalue weighted by Gasteiger charge is -2.35. The van der Waals surface area contributed by atoms with Gasteiger partial charge in [-0.1, -0.05) is 30.3 Å². The zero-order valence-electron chi connectivity index (χ0n) is 9.21. The van der Waals surface area contributed by atoms with Crippen molar-refractivity contribution in [3.8, 4) is 0 Å². The summed E-state index contributed by atoms with van der Waals surface area (Å²) in [7, 11) is 2.05. The van der Waals surface area contributed by atoms with Gasteiger partial charge in [-0.2, -0.15) is 0 Å². The fraction of sp³-hybridized carbons (Fsp3) is 0.500. The van der Waals surface area contributed by atoms with Gasteiger partial charge in [0.05, 0.1) is 0 Å². The molecule has 0 saturated carbocycles. The van der Waals surface area contributed by atoms with E-state index in [4.69, 9.17) is 23.2 Å². The Labute approximate surface area is 102 Å². The number of hydrogen-bond acceptors (Lipinski definition) is 1. The van der Waals surface area contributed by atoms with Gasteiger partial charge in [0.25, 0.3) is 0 Å². The molecule has 0 aliphatic carbocycles. The largest absolute Gasteiger partial charge is 0.294 e. The highest BCUT2D eigenvalue weighted by Gasteiger charge is 2.27. The fourth-order valence-electron chi connectivity index (χ4n) is 1.29. The molecule has 0 atom stereocenters. The van der Waals surface area contributed by atoms with E-state index in [1.165, 1.54) is 5.56 Å². The molecule has 84 valence electrons. The number of nitrogens with zero attached hydrogens (tertiary/aromatic N) is 1. The molecule has 1 aromatic rings. The quantitative estimate of drug-likeness (QED) is 0.720. The van der Waals surface area contributed by atoms with Crippen LogP contribution in [0.3, 0.4) is 0 Å². The first-order valence-electron chi connectivity index (χ1n) is 4.99. The second kappa shape index (κ2) is 5.74. The van der Waals surface area contributed by atoms with E-state index in [1.54, 1.807) is 0 Å². The second-order valence-corrected chi connectivity index (χ2v) is 4.64. The van der Waals surface area contributed by atoms with E-state index < -0.39 is 0 Å². The van der Waals surface area contributed by atoms with Gasteiger partial charge >= 0.3 is 0 Å². The van der Waals surface area contributed by atoms with Crippen molar-refractivity contribution in [3.63, 3.8) is 0 Å². The topological polar surface area (TPSA) is 3.24 Å². The van der Waals surface area contributed by atoms with Crippen LogP contribution in [0.15, 0.2) is 30.3 Å². The number of hydrogen-bond donors (Lipinski definition) is 0. The zero-order valence-corrected chi connectivity index (χ0v) is 10.7. The Balaban J connectivity index is 2.66. The predicted molar refractivity (Wildman–Crippen MR) is 67.8 cm³/mol. The molecule has 0 radical (unpaired) electrons. The van der Waals surface area contributed by atoms with Gasteiger partial charge in [0.2, 0.25) is 0 Å². The second-order valence-electron chi connectivity index (χ2n) is 4.11. The highest BCUT2D eigenvalue weighted by molar-refractivity contribution is 6.22. The summed E-state index contributed by atoms with van der Waals surface area (Å²) in [5.74, 6) is 1.08. The Morgan fingerprint density at radius 2 is 1.67 bits per heavy atom. The summed E-state index contributed by atoms with van der Waals surface area (Å²) >= 11 is 11.9. The molecule has 1 aromatic carbocycles. The van der Waals surface area contributed by atoms with Gasteiger partial charge in [-0.15, -0.1) is 23.2 Å². The minimum absolute atomic E-state index is 0.140. The van der Waals surface area contributed by atoms with Gasteiger partial charge in [0.1, 0.15) is 0 Å². The van der Waals surface area contributed by atoms with E-state index in [0.717, 1.165) is 6.54 Å². The lowest BCUT2D eigenvalue weighted by Crippen LogP contribution is -2.46. The van der Waals surface area contributed by atoms with E-state index in [1.807, 2.05) is 18.2 Å². The van der Waals surface area contributed by atoms with Crippen LogP contribution >= 0.6 is 23.2 Å². The minimum Gasteiger partial charge on any atom is -0.294 e. The maximum absolute atomic E-state index is 5.94. The molecule has 0 saturated heterocycles. The molecular weight excluding hydrogens is 229 g/mol. The molecule has 0 N–H and O–H groups in total. The van der Waals surface area contributed by atoms with Gasteiger partial charge in [0.15, 0.2) is 0 Å². The molecule has 0 heterocycles. The van der Waals surface area contributed by atoms with Crippen LogP contribution < -0.4 is 0 Å². The molecule has 0 aromatic heterocycles. The summed E-state index contributed by atoms with van der Waals surface area (Å²) in [6.45, 7) is 2.95. The lowest BCUT2D eigenvalue weighted by atomic mass is 10.1. The Morgan fingerprint density at radius 1 is 1.13 bits per heavy atom. The van der Waals surface area contributed by atoms with E-state index in [-0.39, 0.29) is 5.54 Å². The third-order valence-electron chi connectivity index (χ3n) is 2.76. The van der Waals surface area contributed by atoms with Crippen molar-refractivity contribution in [2.45, 2.75) is 19.0 Å². The van der Waals surface area contributed by atoms with Gasteiger partial charge in [-0.3, -0.25) is 4.90 Å².